The van der Waals surface area contributed by atoms with Gasteiger partial charge in [0.15, 0.2) is 0 Å². The van der Waals surface area contributed by atoms with Gasteiger partial charge < -0.3 is 14.6 Å². The molecule has 1 aliphatic rings. The van der Waals surface area contributed by atoms with Crippen LogP contribution >= 0.6 is 27.3 Å². The van der Waals surface area contributed by atoms with Gasteiger partial charge in [0.2, 0.25) is 0 Å². The molecule has 1 amide bonds. The van der Waals surface area contributed by atoms with Crippen LogP contribution in [0.2, 0.25) is 0 Å². The van der Waals surface area contributed by atoms with E-state index < -0.39 is 17.7 Å². The highest BCUT2D eigenvalue weighted by molar-refractivity contribution is 9.10. The fraction of sp³-hybridized carbons (Fsp3) is 0.167. The summed E-state index contributed by atoms with van der Waals surface area (Å²) in [5.41, 5.74) is 1.93. The number of thiophene rings is 1. The van der Waals surface area contributed by atoms with E-state index in [0.717, 1.165) is 10.4 Å². The molecule has 1 N–H and O–H groups in total. The van der Waals surface area contributed by atoms with Gasteiger partial charge in [-0.15, -0.1) is 11.3 Å². The zero-order valence-corrected chi connectivity index (χ0v) is 20.0. The van der Waals surface area contributed by atoms with Crippen molar-refractivity contribution in [2.75, 3.05) is 19.1 Å². The first-order chi connectivity index (χ1) is 15.4. The summed E-state index contributed by atoms with van der Waals surface area (Å²) in [7, 11) is 3.10. The van der Waals surface area contributed by atoms with E-state index in [1.165, 1.54) is 16.2 Å². The highest BCUT2D eigenvalue weighted by atomic mass is 79.9. The SMILES string of the molecule is COc1ccc(N2C(=O)C(=O)/C(=C(\O)c3ccc(OC)c(Br)c3)C2c2sccc2C)cc1. The first-order valence-corrected chi connectivity index (χ1v) is 11.4. The van der Waals surface area contributed by atoms with Gasteiger partial charge in [0, 0.05) is 16.1 Å². The largest absolute Gasteiger partial charge is 0.507 e. The van der Waals surface area contributed by atoms with Crippen molar-refractivity contribution in [1.82, 2.24) is 0 Å². The predicted octanol–water partition coefficient (Wildman–Crippen LogP) is 5.46. The number of aliphatic hydroxyl groups excluding tert-OH is 1. The number of rotatable bonds is 5. The number of anilines is 1. The number of ether oxygens (including phenoxy) is 2. The van der Waals surface area contributed by atoms with Crippen molar-refractivity contribution >= 4 is 50.4 Å². The van der Waals surface area contributed by atoms with E-state index in [4.69, 9.17) is 9.47 Å². The number of carbonyl (C=O) groups is 2. The molecule has 1 fully saturated rings. The van der Waals surface area contributed by atoms with Gasteiger partial charge in [-0.2, -0.15) is 0 Å². The molecular weight excluding hydrogens is 494 g/mol. The third-order valence-corrected chi connectivity index (χ3v) is 7.06. The average molecular weight is 514 g/mol. The first-order valence-electron chi connectivity index (χ1n) is 9.70. The van der Waals surface area contributed by atoms with E-state index in [1.807, 2.05) is 18.4 Å². The number of benzene rings is 2. The summed E-state index contributed by atoms with van der Waals surface area (Å²) in [6.45, 7) is 1.92. The molecule has 0 bridgehead atoms. The summed E-state index contributed by atoms with van der Waals surface area (Å²) in [6, 6.07) is 13.1. The molecule has 4 rings (SSSR count). The zero-order valence-electron chi connectivity index (χ0n) is 17.6. The van der Waals surface area contributed by atoms with Gasteiger partial charge in [0.25, 0.3) is 11.7 Å². The molecule has 6 nitrogen and oxygen atoms in total. The summed E-state index contributed by atoms with van der Waals surface area (Å²) >= 11 is 4.85. The molecule has 0 saturated carbocycles. The van der Waals surface area contributed by atoms with Crippen LogP contribution in [0.3, 0.4) is 0 Å². The van der Waals surface area contributed by atoms with E-state index in [0.29, 0.717) is 27.2 Å². The summed E-state index contributed by atoms with van der Waals surface area (Å²) in [5.74, 6) is -0.436. The minimum atomic E-state index is -0.746. The Hall–Kier alpha value is -3.10. The number of nitrogens with zero attached hydrogens (tertiary/aromatic N) is 1. The molecule has 0 spiro atoms. The van der Waals surface area contributed by atoms with Crippen molar-refractivity contribution in [1.29, 1.82) is 0 Å². The van der Waals surface area contributed by atoms with Crippen LogP contribution in [-0.2, 0) is 9.59 Å². The van der Waals surface area contributed by atoms with Crippen LogP contribution in [0.25, 0.3) is 5.76 Å². The second kappa shape index (κ2) is 8.80. The maximum absolute atomic E-state index is 13.2. The molecule has 32 heavy (non-hydrogen) atoms. The van der Waals surface area contributed by atoms with Crippen molar-refractivity contribution in [3.8, 4) is 11.5 Å². The summed E-state index contributed by atoms with van der Waals surface area (Å²) < 4.78 is 11.1. The molecule has 1 saturated heterocycles. The quantitative estimate of drug-likeness (QED) is 0.278. The lowest BCUT2D eigenvalue weighted by molar-refractivity contribution is -0.132. The molecule has 0 radical (unpaired) electrons. The number of ketones is 1. The van der Waals surface area contributed by atoms with E-state index in [9.17, 15) is 14.7 Å². The number of methoxy groups -OCH3 is 2. The minimum absolute atomic E-state index is 0.0495. The minimum Gasteiger partial charge on any atom is -0.507 e. The van der Waals surface area contributed by atoms with Crippen molar-refractivity contribution in [3.63, 3.8) is 0 Å². The molecule has 8 heteroatoms. The number of aliphatic hydroxyl groups is 1. The molecule has 1 atom stereocenters. The van der Waals surface area contributed by atoms with Gasteiger partial charge in [-0.05, 0) is 82.3 Å². The Morgan fingerprint density at radius 3 is 2.34 bits per heavy atom. The second-order valence-electron chi connectivity index (χ2n) is 7.18. The van der Waals surface area contributed by atoms with E-state index in [-0.39, 0.29) is 11.3 Å². The van der Waals surface area contributed by atoms with Gasteiger partial charge in [-0.3, -0.25) is 14.5 Å². The first kappa shape index (κ1) is 22.1. The summed E-state index contributed by atoms with van der Waals surface area (Å²) in [4.78, 5) is 28.6. The van der Waals surface area contributed by atoms with E-state index in [2.05, 4.69) is 15.9 Å². The Bertz CT molecular complexity index is 1230. The third kappa shape index (κ3) is 3.69. The summed E-state index contributed by atoms with van der Waals surface area (Å²) in [5, 5.41) is 13.1. The molecule has 1 unspecified atom stereocenters. The van der Waals surface area contributed by atoms with Crippen LogP contribution in [0.5, 0.6) is 11.5 Å². The Kier molecular flexibility index (Phi) is 6.08. The van der Waals surface area contributed by atoms with Crippen molar-refractivity contribution in [3.05, 3.63) is 80.0 Å². The Morgan fingerprint density at radius 2 is 1.78 bits per heavy atom. The summed E-state index contributed by atoms with van der Waals surface area (Å²) in [6.07, 6.45) is 0. The van der Waals surface area contributed by atoms with Crippen LogP contribution < -0.4 is 14.4 Å². The molecule has 1 aliphatic heterocycles. The normalized spacial score (nSPS) is 17.6. The predicted molar refractivity (Wildman–Crippen MR) is 128 cm³/mol. The highest BCUT2D eigenvalue weighted by Crippen LogP contribution is 2.45. The van der Waals surface area contributed by atoms with Crippen molar-refractivity contribution in [2.45, 2.75) is 13.0 Å². The number of amides is 1. The number of halogens is 1. The second-order valence-corrected chi connectivity index (χ2v) is 8.99. The van der Waals surface area contributed by atoms with Crippen molar-refractivity contribution in [2.24, 2.45) is 0 Å². The monoisotopic (exact) mass is 513 g/mol. The number of carbonyl (C=O) groups excluding carboxylic acids is 2. The van der Waals surface area contributed by atoms with Crippen molar-refractivity contribution < 1.29 is 24.2 Å². The average Bonchev–Trinajstić information content (AvgIpc) is 3.33. The molecule has 1 aromatic heterocycles. The number of aryl methyl sites for hydroxylation is 1. The van der Waals surface area contributed by atoms with Gasteiger partial charge in [-0.25, -0.2) is 0 Å². The Morgan fingerprint density at radius 1 is 1.06 bits per heavy atom. The molecule has 164 valence electrons. The van der Waals surface area contributed by atoms with Crippen LogP contribution in [0.1, 0.15) is 22.0 Å². The highest BCUT2D eigenvalue weighted by Gasteiger charge is 2.47. The fourth-order valence-electron chi connectivity index (χ4n) is 3.72. The topological polar surface area (TPSA) is 76.1 Å². The van der Waals surface area contributed by atoms with Crippen LogP contribution in [-0.4, -0.2) is 31.0 Å². The molecular formula is C24H20BrNO5S. The Balaban J connectivity index is 1.91. The fourth-order valence-corrected chi connectivity index (χ4v) is 5.29. The van der Waals surface area contributed by atoms with E-state index in [1.54, 1.807) is 56.7 Å². The molecule has 3 aromatic rings. The molecule has 2 heterocycles. The lowest BCUT2D eigenvalue weighted by atomic mass is 9.98. The third-order valence-electron chi connectivity index (χ3n) is 5.37. The number of hydrogen-bond donors (Lipinski definition) is 1. The van der Waals surface area contributed by atoms with Crippen LogP contribution in [0.4, 0.5) is 5.69 Å². The molecule has 0 aliphatic carbocycles. The van der Waals surface area contributed by atoms with Gasteiger partial charge in [0.05, 0.1) is 24.3 Å². The number of Topliss-reactive ketones (excluding diaryl/α,β-unsaturated/α-hetero) is 1. The Labute approximate surface area is 197 Å². The zero-order chi connectivity index (χ0) is 23.0. The van der Waals surface area contributed by atoms with Crippen LogP contribution in [0.15, 0.2) is 64.0 Å². The maximum atomic E-state index is 13.2. The van der Waals surface area contributed by atoms with Gasteiger partial charge in [0.1, 0.15) is 23.3 Å². The lowest BCUT2D eigenvalue weighted by Crippen LogP contribution is -2.29. The van der Waals surface area contributed by atoms with E-state index >= 15 is 0 Å². The van der Waals surface area contributed by atoms with Gasteiger partial charge in [-0.1, -0.05) is 0 Å². The van der Waals surface area contributed by atoms with Crippen LogP contribution in [0, 0.1) is 6.92 Å². The smallest absolute Gasteiger partial charge is 0.300 e. The van der Waals surface area contributed by atoms with Gasteiger partial charge >= 0.3 is 0 Å². The maximum Gasteiger partial charge on any atom is 0.300 e. The lowest BCUT2D eigenvalue weighted by Gasteiger charge is -2.25. The molecule has 2 aromatic carbocycles. The number of hydrogen-bond acceptors (Lipinski definition) is 6. The standard InChI is InChI=1S/C24H20BrNO5S/c1-13-10-11-32-23(13)20-19(21(27)14-4-9-18(31-3)17(25)12-14)22(28)24(29)26(20)15-5-7-16(30-2)8-6-15/h4-12,20,27H,1-3H3/b21-19-.